The van der Waals surface area contributed by atoms with Crippen LogP contribution < -0.4 is 16.0 Å². The summed E-state index contributed by atoms with van der Waals surface area (Å²) in [4.78, 5) is 14.7. The summed E-state index contributed by atoms with van der Waals surface area (Å²) < 4.78 is 0. The number of nitrogen functional groups attached to an aromatic ring is 1. The normalized spacial score (nSPS) is 15.8. The van der Waals surface area contributed by atoms with Gasteiger partial charge in [-0.2, -0.15) is 15.0 Å². The predicted molar refractivity (Wildman–Crippen MR) is 64.4 cm³/mol. The van der Waals surface area contributed by atoms with Crippen molar-refractivity contribution in [2.45, 2.75) is 32.7 Å². The molecule has 0 atom stereocenters. The Hall–Kier alpha value is -1.59. The first-order valence-electron chi connectivity index (χ1n) is 5.68. The fraction of sp³-hybridized carbons (Fsp3) is 0.700. The van der Waals surface area contributed by atoms with Gasteiger partial charge in [0.2, 0.25) is 17.8 Å². The summed E-state index contributed by atoms with van der Waals surface area (Å²) in [6, 6.07) is 0.285. The second-order valence-corrected chi connectivity index (χ2v) is 4.31. The molecule has 2 rings (SSSR count). The van der Waals surface area contributed by atoms with Crippen molar-refractivity contribution in [3.8, 4) is 0 Å². The summed E-state index contributed by atoms with van der Waals surface area (Å²) in [5.74, 6) is 1.53. The first-order chi connectivity index (χ1) is 7.65. The average molecular weight is 222 g/mol. The van der Waals surface area contributed by atoms with Crippen LogP contribution in [-0.2, 0) is 0 Å². The van der Waals surface area contributed by atoms with Gasteiger partial charge < -0.3 is 16.0 Å². The summed E-state index contributed by atoms with van der Waals surface area (Å²) in [6.45, 7) is 6.08. The van der Waals surface area contributed by atoms with E-state index < -0.39 is 0 Å². The van der Waals surface area contributed by atoms with Crippen LogP contribution in [0.3, 0.4) is 0 Å². The zero-order valence-corrected chi connectivity index (χ0v) is 9.77. The molecule has 0 aromatic carbocycles. The van der Waals surface area contributed by atoms with Crippen molar-refractivity contribution in [3.05, 3.63) is 0 Å². The molecule has 1 aromatic heterocycles. The molecule has 6 heteroatoms. The fourth-order valence-corrected chi connectivity index (χ4v) is 1.76. The highest BCUT2D eigenvalue weighted by atomic mass is 15.3. The molecule has 2 heterocycles. The van der Waals surface area contributed by atoms with E-state index in [0.29, 0.717) is 11.9 Å². The van der Waals surface area contributed by atoms with Gasteiger partial charge in [0, 0.05) is 19.1 Å². The molecule has 3 N–H and O–H groups in total. The third-order valence-electron chi connectivity index (χ3n) is 2.45. The maximum absolute atomic E-state index is 5.67. The number of nitrogens with two attached hydrogens (primary N) is 1. The number of hydrogen-bond donors (Lipinski definition) is 2. The summed E-state index contributed by atoms with van der Waals surface area (Å²) in [5, 5.41) is 3.14. The lowest BCUT2D eigenvalue weighted by molar-refractivity contribution is 0.846. The first-order valence-corrected chi connectivity index (χ1v) is 5.68. The van der Waals surface area contributed by atoms with Crippen molar-refractivity contribution in [1.82, 2.24) is 15.0 Å². The lowest BCUT2D eigenvalue weighted by Crippen LogP contribution is -2.23. The molecule has 0 spiro atoms. The van der Waals surface area contributed by atoms with Crippen LogP contribution in [-0.4, -0.2) is 34.1 Å². The van der Waals surface area contributed by atoms with Gasteiger partial charge in [-0.25, -0.2) is 0 Å². The standard InChI is InChI=1S/C10H18N6/c1-7(2)12-9-13-8(11)14-10(15-9)16-5-3-4-6-16/h7H,3-6H2,1-2H3,(H3,11,12,13,14,15). The molecule has 0 saturated carbocycles. The lowest BCUT2D eigenvalue weighted by Gasteiger charge is -2.16. The van der Waals surface area contributed by atoms with Crippen LogP contribution in [0.5, 0.6) is 0 Å². The smallest absolute Gasteiger partial charge is 0.231 e. The van der Waals surface area contributed by atoms with Gasteiger partial charge in [0.25, 0.3) is 0 Å². The third-order valence-corrected chi connectivity index (χ3v) is 2.45. The van der Waals surface area contributed by atoms with Crippen LogP contribution in [0, 0.1) is 0 Å². The molecule has 0 unspecified atom stereocenters. The molecule has 0 bridgehead atoms. The fourth-order valence-electron chi connectivity index (χ4n) is 1.76. The summed E-state index contributed by atoms with van der Waals surface area (Å²) in [5.41, 5.74) is 5.67. The summed E-state index contributed by atoms with van der Waals surface area (Å²) in [6.07, 6.45) is 2.39. The van der Waals surface area contributed by atoms with Crippen LogP contribution in [0.4, 0.5) is 17.8 Å². The van der Waals surface area contributed by atoms with E-state index >= 15 is 0 Å². The number of hydrogen-bond acceptors (Lipinski definition) is 6. The number of aromatic nitrogens is 3. The van der Waals surface area contributed by atoms with Gasteiger partial charge in [0.1, 0.15) is 0 Å². The highest BCUT2D eigenvalue weighted by Gasteiger charge is 2.16. The van der Waals surface area contributed by atoms with Gasteiger partial charge in [0.15, 0.2) is 0 Å². The van der Waals surface area contributed by atoms with Crippen LogP contribution in [0.2, 0.25) is 0 Å². The van der Waals surface area contributed by atoms with Gasteiger partial charge in [-0.15, -0.1) is 0 Å². The van der Waals surface area contributed by atoms with Crippen LogP contribution in [0.15, 0.2) is 0 Å². The predicted octanol–water partition coefficient (Wildman–Crippen LogP) is 0.874. The molecule has 0 aliphatic carbocycles. The van der Waals surface area contributed by atoms with E-state index in [-0.39, 0.29) is 12.0 Å². The Morgan fingerprint density at radius 3 is 2.50 bits per heavy atom. The van der Waals surface area contributed by atoms with E-state index in [0.717, 1.165) is 13.1 Å². The summed E-state index contributed by atoms with van der Waals surface area (Å²) in [7, 11) is 0. The van der Waals surface area contributed by atoms with E-state index in [1.165, 1.54) is 12.8 Å². The van der Waals surface area contributed by atoms with Crippen molar-refractivity contribution in [3.63, 3.8) is 0 Å². The highest BCUT2D eigenvalue weighted by Crippen LogP contribution is 2.17. The SMILES string of the molecule is CC(C)Nc1nc(N)nc(N2CCCC2)n1. The van der Waals surface area contributed by atoms with E-state index in [1.807, 2.05) is 13.8 Å². The molecule has 1 saturated heterocycles. The Bertz CT molecular complexity index is 358. The second kappa shape index (κ2) is 4.51. The Morgan fingerprint density at radius 1 is 1.19 bits per heavy atom. The quantitative estimate of drug-likeness (QED) is 0.790. The van der Waals surface area contributed by atoms with E-state index in [9.17, 15) is 0 Å². The monoisotopic (exact) mass is 222 g/mol. The molecule has 0 amide bonds. The maximum atomic E-state index is 5.67. The Morgan fingerprint density at radius 2 is 1.88 bits per heavy atom. The van der Waals surface area contributed by atoms with Crippen molar-refractivity contribution in [2.75, 3.05) is 29.0 Å². The molecule has 1 aliphatic heterocycles. The molecule has 0 radical (unpaired) electrons. The molecule has 1 aromatic rings. The van der Waals surface area contributed by atoms with Gasteiger partial charge in [-0.05, 0) is 26.7 Å². The Balaban J connectivity index is 2.20. The maximum Gasteiger partial charge on any atom is 0.231 e. The molecule has 1 fully saturated rings. The van der Waals surface area contributed by atoms with E-state index in [2.05, 4.69) is 25.2 Å². The van der Waals surface area contributed by atoms with Gasteiger partial charge >= 0.3 is 0 Å². The van der Waals surface area contributed by atoms with Crippen LogP contribution >= 0.6 is 0 Å². The van der Waals surface area contributed by atoms with Gasteiger partial charge in [0.05, 0.1) is 0 Å². The molecule has 1 aliphatic rings. The van der Waals surface area contributed by atoms with Crippen LogP contribution in [0.1, 0.15) is 26.7 Å². The first kappa shape index (κ1) is 10.9. The zero-order valence-electron chi connectivity index (χ0n) is 9.77. The third kappa shape index (κ3) is 2.50. The van der Waals surface area contributed by atoms with Gasteiger partial charge in [-0.3, -0.25) is 0 Å². The highest BCUT2D eigenvalue weighted by molar-refractivity contribution is 5.42. The number of anilines is 3. The van der Waals surface area contributed by atoms with Crippen molar-refractivity contribution in [1.29, 1.82) is 0 Å². The van der Waals surface area contributed by atoms with Crippen LogP contribution in [0.25, 0.3) is 0 Å². The van der Waals surface area contributed by atoms with Crippen molar-refractivity contribution >= 4 is 17.8 Å². The topological polar surface area (TPSA) is 80.0 Å². The largest absolute Gasteiger partial charge is 0.368 e. The van der Waals surface area contributed by atoms with Gasteiger partial charge in [-0.1, -0.05) is 0 Å². The number of nitrogens with one attached hydrogen (secondary N) is 1. The number of nitrogens with zero attached hydrogens (tertiary/aromatic N) is 4. The molecular formula is C10H18N6. The summed E-state index contributed by atoms with van der Waals surface area (Å²) >= 11 is 0. The van der Waals surface area contributed by atoms with Crippen molar-refractivity contribution < 1.29 is 0 Å². The average Bonchev–Trinajstić information content (AvgIpc) is 2.67. The molecule has 88 valence electrons. The second-order valence-electron chi connectivity index (χ2n) is 4.31. The Labute approximate surface area is 95.3 Å². The Kier molecular flexibility index (Phi) is 3.07. The minimum absolute atomic E-state index is 0.278. The minimum Gasteiger partial charge on any atom is -0.368 e. The minimum atomic E-state index is 0.278. The zero-order chi connectivity index (χ0) is 11.5. The van der Waals surface area contributed by atoms with E-state index in [1.54, 1.807) is 0 Å². The molecule has 16 heavy (non-hydrogen) atoms. The lowest BCUT2D eigenvalue weighted by atomic mass is 10.4. The van der Waals surface area contributed by atoms with Crippen molar-refractivity contribution in [2.24, 2.45) is 0 Å². The molecule has 6 nitrogen and oxygen atoms in total. The number of rotatable bonds is 3. The molecular weight excluding hydrogens is 204 g/mol. The van der Waals surface area contributed by atoms with E-state index in [4.69, 9.17) is 5.73 Å².